The molecule has 300 valence electrons. The molecule has 1 atom stereocenters. The zero-order valence-corrected chi connectivity index (χ0v) is 34.5. The predicted molar refractivity (Wildman–Crippen MR) is 224 cm³/mol. The Bertz CT molecular complexity index is 952. The molecule has 0 aromatic carbocycles. The van der Waals surface area contributed by atoms with Crippen LogP contribution in [0.1, 0.15) is 194 Å². The van der Waals surface area contributed by atoms with Crippen molar-refractivity contribution in [3.8, 4) is 0 Å². The molecule has 0 fully saturated rings. The lowest BCUT2D eigenvalue weighted by molar-refractivity contribution is -0.148. The Balaban J connectivity index is 4.25. The first kappa shape index (κ1) is 49.5. The molecule has 52 heavy (non-hydrogen) atoms. The smallest absolute Gasteiger partial charge is 0.328 e. The van der Waals surface area contributed by atoms with E-state index >= 15 is 0 Å². The van der Waals surface area contributed by atoms with E-state index in [1.807, 2.05) is 19.0 Å². The summed E-state index contributed by atoms with van der Waals surface area (Å²) in [7, 11) is 3.78. The lowest BCUT2D eigenvalue weighted by Crippen LogP contribution is -2.42. The number of hydrogen-bond donors (Lipinski definition) is 1. The average molecular weight is 727 g/mol. The van der Waals surface area contributed by atoms with Crippen molar-refractivity contribution in [2.45, 2.75) is 200 Å². The first-order valence-corrected chi connectivity index (χ1v) is 21.6. The van der Waals surface area contributed by atoms with E-state index in [0.29, 0.717) is 45.3 Å². The number of Topliss-reactive ketones (excluding diaryl/α,β-unsaturated/α-hetero) is 1. The number of hydrogen-bond acceptors (Lipinski definition) is 5. The minimum atomic E-state index is -0.640. The lowest BCUT2D eigenvalue weighted by atomic mass is 10.1. The lowest BCUT2D eigenvalue weighted by Gasteiger charge is -2.18. The molecule has 6 heteroatoms. The first-order chi connectivity index (χ1) is 25.4. The van der Waals surface area contributed by atoms with E-state index in [9.17, 15) is 14.4 Å². The van der Waals surface area contributed by atoms with Gasteiger partial charge in [0.05, 0.1) is 13.2 Å². The van der Waals surface area contributed by atoms with Crippen LogP contribution in [0.15, 0.2) is 48.6 Å². The van der Waals surface area contributed by atoms with E-state index in [4.69, 9.17) is 4.74 Å². The SMILES string of the molecule is CCCCC/C=C\C/C=C\CCCCCCCCOC(=O)C(CCCCC(=O)CN(C)C)NC(=O)CCCCCCC/C=C\C/C=C\CCCCC. The van der Waals surface area contributed by atoms with Crippen molar-refractivity contribution >= 4 is 17.7 Å². The van der Waals surface area contributed by atoms with Gasteiger partial charge in [0.25, 0.3) is 0 Å². The summed E-state index contributed by atoms with van der Waals surface area (Å²) >= 11 is 0. The number of esters is 1. The maximum absolute atomic E-state index is 13.0. The van der Waals surface area contributed by atoms with Crippen molar-refractivity contribution in [2.24, 2.45) is 0 Å². The zero-order valence-electron chi connectivity index (χ0n) is 34.5. The molecule has 0 aliphatic rings. The third-order valence-corrected chi connectivity index (χ3v) is 9.25. The number of nitrogens with one attached hydrogen (secondary N) is 1. The second kappa shape index (κ2) is 39.7. The summed E-state index contributed by atoms with van der Waals surface area (Å²) in [4.78, 5) is 39.8. The van der Waals surface area contributed by atoms with Crippen LogP contribution in [0.2, 0.25) is 0 Å². The zero-order chi connectivity index (χ0) is 38.2. The fraction of sp³-hybridized carbons (Fsp3) is 0.761. The minimum Gasteiger partial charge on any atom is -0.464 e. The summed E-state index contributed by atoms with van der Waals surface area (Å²) in [6.45, 7) is 5.31. The van der Waals surface area contributed by atoms with Gasteiger partial charge in [-0.05, 0) is 104 Å². The van der Waals surface area contributed by atoms with Crippen LogP contribution in [0.4, 0.5) is 0 Å². The van der Waals surface area contributed by atoms with Gasteiger partial charge in [-0.1, -0.05) is 140 Å². The van der Waals surface area contributed by atoms with E-state index in [0.717, 1.165) is 64.2 Å². The quantitative estimate of drug-likeness (QED) is 0.0389. The molecule has 0 saturated carbocycles. The summed E-state index contributed by atoms with van der Waals surface area (Å²) in [6.07, 6.45) is 47.7. The number of unbranched alkanes of at least 4 members (excludes halogenated alkanes) is 18. The summed E-state index contributed by atoms with van der Waals surface area (Å²) in [5.74, 6) is -0.215. The van der Waals surface area contributed by atoms with Gasteiger partial charge in [0.2, 0.25) is 5.91 Å². The summed E-state index contributed by atoms with van der Waals surface area (Å²) < 4.78 is 5.63. The number of carbonyl (C=O) groups is 3. The standard InChI is InChI=1S/C46H82N2O4/c1-5-7-9-11-13-15-17-19-21-23-25-27-29-31-33-37-41-52-46(51)44(39-36-35-38-43(49)42-48(3)4)47-45(50)40-34-32-30-28-26-24-22-20-18-16-14-12-10-8-6-2/h13-16,19-22,44H,5-12,17-18,23-42H2,1-4H3,(H,47,50)/b15-13-,16-14-,21-19-,22-20-. The number of rotatable bonds is 38. The maximum atomic E-state index is 13.0. The first-order valence-electron chi connectivity index (χ1n) is 21.6. The molecule has 1 amide bonds. The fourth-order valence-electron chi connectivity index (χ4n) is 6.08. The third kappa shape index (κ3) is 37.3. The number of carbonyl (C=O) groups excluding carboxylic acids is 3. The number of nitrogens with zero attached hydrogens (tertiary/aromatic N) is 1. The van der Waals surface area contributed by atoms with Crippen molar-refractivity contribution in [1.29, 1.82) is 0 Å². The highest BCUT2D eigenvalue weighted by Crippen LogP contribution is 2.12. The number of allylic oxidation sites excluding steroid dienone is 8. The van der Waals surface area contributed by atoms with Gasteiger partial charge in [0.1, 0.15) is 11.8 Å². The fourth-order valence-corrected chi connectivity index (χ4v) is 6.08. The molecule has 0 aromatic heterocycles. The Kier molecular flexibility index (Phi) is 37.8. The number of amides is 1. The van der Waals surface area contributed by atoms with Gasteiger partial charge >= 0.3 is 5.97 Å². The Morgan fingerprint density at radius 3 is 1.48 bits per heavy atom. The largest absolute Gasteiger partial charge is 0.464 e. The molecule has 0 spiro atoms. The van der Waals surface area contributed by atoms with Crippen molar-refractivity contribution in [3.05, 3.63) is 48.6 Å². The van der Waals surface area contributed by atoms with Gasteiger partial charge in [0, 0.05) is 12.8 Å². The van der Waals surface area contributed by atoms with Crippen molar-refractivity contribution in [3.63, 3.8) is 0 Å². The molecule has 0 bridgehead atoms. The summed E-state index contributed by atoms with van der Waals surface area (Å²) in [5.41, 5.74) is 0. The molecule has 1 unspecified atom stereocenters. The second-order valence-electron chi connectivity index (χ2n) is 14.9. The van der Waals surface area contributed by atoms with Gasteiger partial charge in [0.15, 0.2) is 0 Å². The van der Waals surface area contributed by atoms with Crippen LogP contribution in [-0.2, 0) is 19.1 Å². The van der Waals surface area contributed by atoms with Gasteiger partial charge in [-0.15, -0.1) is 0 Å². The molecular formula is C46H82N2O4. The highest BCUT2D eigenvalue weighted by molar-refractivity contribution is 5.84. The Morgan fingerprint density at radius 2 is 0.981 bits per heavy atom. The van der Waals surface area contributed by atoms with Crippen LogP contribution in [0.5, 0.6) is 0 Å². The molecular weight excluding hydrogens is 645 g/mol. The van der Waals surface area contributed by atoms with Crippen molar-refractivity contribution < 1.29 is 19.1 Å². The van der Waals surface area contributed by atoms with E-state index < -0.39 is 6.04 Å². The molecule has 0 aliphatic carbocycles. The van der Waals surface area contributed by atoms with Crippen LogP contribution in [0.25, 0.3) is 0 Å². The monoisotopic (exact) mass is 727 g/mol. The van der Waals surface area contributed by atoms with E-state index in [1.54, 1.807) is 0 Å². The predicted octanol–water partition coefficient (Wildman–Crippen LogP) is 12.3. The summed E-state index contributed by atoms with van der Waals surface area (Å²) in [5, 5.41) is 2.96. The van der Waals surface area contributed by atoms with Gasteiger partial charge in [-0.25, -0.2) is 4.79 Å². The summed E-state index contributed by atoms with van der Waals surface area (Å²) in [6, 6.07) is -0.640. The van der Waals surface area contributed by atoms with Crippen LogP contribution in [0, 0.1) is 0 Å². The van der Waals surface area contributed by atoms with E-state index in [1.165, 1.54) is 83.5 Å². The molecule has 0 rings (SSSR count). The molecule has 6 nitrogen and oxygen atoms in total. The van der Waals surface area contributed by atoms with Gasteiger partial charge in [-0.2, -0.15) is 0 Å². The molecule has 0 heterocycles. The highest BCUT2D eigenvalue weighted by Gasteiger charge is 2.22. The Morgan fingerprint density at radius 1 is 0.538 bits per heavy atom. The topological polar surface area (TPSA) is 75.7 Å². The molecule has 0 aliphatic heterocycles. The molecule has 1 N–H and O–H groups in total. The molecule has 0 aromatic rings. The van der Waals surface area contributed by atoms with Crippen LogP contribution < -0.4 is 5.32 Å². The van der Waals surface area contributed by atoms with Crippen molar-refractivity contribution in [1.82, 2.24) is 10.2 Å². The maximum Gasteiger partial charge on any atom is 0.328 e. The average Bonchev–Trinajstić information content (AvgIpc) is 3.12. The molecule has 0 saturated heterocycles. The van der Waals surface area contributed by atoms with Crippen LogP contribution >= 0.6 is 0 Å². The Hall–Kier alpha value is -2.47. The Labute approximate surface area is 321 Å². The van der Waals surface area contributed by atoms with E-state index in [-0.39, 0.29) is 17.7 Å². The van der Waals surface area contributed by atoms with Gasteiger partial charge in [-0.3, -0.25) is 9.59 Å². The minimum absolute atomic E-state index is 0.0787. The normalized spacial score (nSPS) is 12.6. The van der Waals surface area contributed by atoms with Crippen LogP contribution in [0.3, 0.4) is 0 Å². The highest BCUT2D eigenvalue weighted by atomic mass is 16.5. The second-order valence-corrected chi connectivity index (χ2v) is 14.9. The third-order valence-electron chi connectivity index (χ3n) is 9.25. The van der Waals surface area contributed by atoms with Crippen molar-refractivity contribution in [2.75, 3.05) is 27.2 Å². The molecule has 0 radical (unpaired) electrons. The number of likely N-dealkylation sites (N-methyl/N-ethyl adjacent to an activating group) is 1. The van der Waals surface area contributed by atoms with Gasteiger partial charge < -0.3 is 15.0 Å². The number of ketones is 1. The van der Waals surface area contributed by atoms with Crippen LogP contribution in [-0.4, -0.2) is 55.8 Å². The van der Waals surface area contributed by atoms with E-state index in [2.05, 4.69) is 67.8 Å². The number of ether oxygens (including phenoxy) is 1.